The molecule has 0 spiro atoms. The van der Waals surface area contributed by atoms with E-state index >= 15 is 0 Å². The number of nitrogens with one attached hydrogen (secondary N) is 1. The van der Waals surface area contributed by atoms with E-state index in [1.807, 2.05) is 37.3 Å². The molecule has 1 aromatic carbocycles. The van der Waals surface area contributed by atoms with Crippen molar-refractivity contribution in [2.24, 2.45) is 0 Å². The molecule has 104 valence electrons. The molecular formula is C16H17BrN2O. The number of amides is 1. The molecule has 20 heavy (non-hydrogen) atoms. The van der Waals surface area contributed by atoms with Crippen molar-refractivity contribution in [2.45, 2.75) is 26.8 Å². The second-order valence-corrected chi connectivity index (χ2v) is 5.48. The summed E-state index contributed by atoms with van der Waals surface area (Å²) in [7, 11) is 0. The van der Waals surface area contributed by atoms with Crippen LogP contribution in [-0.4, -0.2) is 10.9 Å². The molecule has 0 bridgehead atoms. The van der Waals surface area contributed by atoms with Gasteiger partial charge in [-0.25, -0.2) is 0 Å². The molecule has 0 radical (unpaired) electrons. The zero-order valence-electron chi connectivity index (χ0n) is 11.6. The van der Waals surface area contributed by atoms with Crippen LogP contribution in [0, 0.1) is 6.92 Å². The smallest absolute Gasteiger partial charge is 0.252 e. The average Bonchev–Trinajstić information content (AvgIpc) is 2.45. The lowest BCUT2D eigenvalue weighted by Crippen LogP contribution is -2.24. The number of hydrogen-bond acceptors (Lipinski definition) is 2. The number of rotatable bonds is 4. The Morgan fingerprint density at radius 2 is 2.15 bits per heavy atom. The molecule has 3 nitrogen and oxygen atoms in total. The predicted octanol–water partition coefficient (Wildman–Crippen LogP) is 3.64. The summed E-state index contributed by atoms with van der Waals surface area (Å²) in [5.74, 6) is -0.0930. The molecule has 0 saturated heterocycles. The van der Waals surface area contributed by atoms with Gasteiger partial charge in [0.05, 0.1) is 17.8 Å². The molecule has 0 unspecified atom stereocenters. The third kappa shape index (κ3) is 3.45. The summed E-state index contributed by atoms with van der Waals surface area (Å²) in [5.41, 5.74) is 3.85. The van der Waals surface area contributed by atoms with Gasteiger partial charge in [0.1, 0.15) is 0 Å². The Morgan fingerprint density at radius 1 is 1.35 bits per heavy atom. The van der Waals surface area contributed by atoms with Gasteiger partial charge in [-0.15, -0.1) is 0 Å². The first-order valence-corrected chi connectivity index (χ1v) is 7.38. The predicted molar refractivity (Wildman–Crippen MR) is 83.7 cm³/mol. The summed E-state index contributed by atoms with van der Waals surface area (Å²) in [6.45, 7) is 4.52. The van der Waals surface area contributed by atoms with Crippen LogP contribution in [0.3, 0.4) is 0 Å². The summed E-state index contributed by atoms with van der Waals surface area (Å²) in [4.78, 5) is 16.5. The molecule has 0 fully saturated rings. The lowest BCUT2D eigenvalue weighted by atomic mass is 10.1. The summed E-state index contributed by atoms with van der Waals surface area (Å²) in [6, 6.07) is 9.65. The van der Waals surface area contributed by atoms with Gasteiger partial charge in [-0.1, -0.05) is 19.1 Å². The van der Waals surface area contributed by atoms with Crippen molar-refractivity contribution in [2.75, 3.05) is 0 Å². The minimum Gasteiger partial charge on any atom is -0.346 e. The first kappa shape index (κ1) is 14.7. The van der Waals surface area contributed by atoms with Gasteiger partial charge in [-0.05, 0) is 58.6 Å². The Kier molecular flexibility index (Phi) is 4.90. The van der Waals surface area contributed by atoms with Crippen molar-refractivity contribution in [3.63, 3.8) is 0 Å². The Labute approximate surface area is 127 Å². The number of aromatic nitrogens is 1. The van der Waals surface area contributed by atoms with Crippen LogP contribution in [-0.2, 0) is 13.0 Å². The summed E-state index contributed by atoms with van der Waals surface area (Å²) in [5, 5.41) is 2.92. The first-order chi connectivity index (χ1) is 9.61. The molecule has 0 aliphatic carbocycles. The van der Waals surface area contributed by atoms with Crippen LogP contribution < -0.4 is 5.32 Å². The minimum atomic E-state index is -0.0930. The average molecular weight is 333 g/mol. The molecule has 2 rings (SSSR count). The fraction of sp³-hybridized carbons (Fsp3) is 0.250. The van der Waals surface area contributed by atoms with Crippen molar-refractivity contribution in [1.82, 2.24) is 10.3 Å². The van der Waals surface area contributed by atoms with E-state index < -0.39 is 0 Å². The van der Waals surface area contributed by atoms with Gasteiger partial charge >= 0.3 is 0 Å². The normalized spacial score (nSPS) is 10.3. The third-order valence-corrected chi connectivity index (χ3v) is 3.81. The van der Waals surface area contributed by atoms with Crippen LogP contribution in [0.5, 0.6) is 0 Å². The van der Waals surface area contributed by atoms with Crippen LogP contribution in [0.2, 0.25) is 0 Å². The number of benzene rings is 1. The SMILES string of the molecule is CCc1cccnc1CNC(=O)c1ccc(C)cc1Br. The lowest BCUT2D eigenvalue weighted by molar-refractivity contribution is 0.0949. The molecule has 0 atom stereocenters. The second-order valence-electron chi connectivity index (χ2n) is 4.63. The van der Waals surface area contributed by atoms with Crippen LogP contribution in [0.4, 0.5) is 0 Å². The van der Waals surface area contributed by atoms with Gasteiger partial charge in [0.2, 0.25) is 0 Å². The van der Waals surface area contributed by atoms with Crippen molar-refractivity contribution in [3.05, 3.63) is 63.4 Å². The maximum atomic E-state index is 12.2. The minimum absolute atomic E-state index is 0.0930. The lowest BCUT2D eigenvalue weighted by Gasteiger charge is -2.09. The largest absolute Gasteiger partial charge is 0.346 e. The molecule has 0 aliphatic rings. The third-order valence-electron chi connectivity index (χ3n) is 3.15. The number of carbonyl (C=O) groups is 1. The fourth-order valence-corrected chi connectivity index (χ4v) is 2.69. The van der Waals surface area contributed by atoms with Crippen molar-refractivity contribution in [1.29, 1.82) is 0 Å². The second kappa shape index (κ2) is 6.66. The maximum absolute atomic E-state index is 12.2. The molecular weight excluding hydrogens is 316 g/mol. The maximum Gasteiger partial charge on any atom is 0.252 e. The van der Waals surface area contributed by atoms with Gasteiger partial charge in [-0.3, -0.25) is 9.78 Å². The van der Waals surface area contributed by atoms with Crippen LogP contribution in [0.1, 0.15) is 34.1 Å². The highest BCUT2D eigenvalue weighted by Gasteiger charge is 2.10. The molecule has 0 aliphatic heterocycles. The summed E-state index contributed by atoms with van der Waals surface area (Å²) < 4.78 is 0.812. The number of hydrogen-bond donors (Lipinski definition) is 1. The summed E-state index contributed by atoms with van der Waals surface area (Å²) in [6.07, 6.45) is 2.66. The van der Waals surface area contributed by atoms with Crippen LogP contribution in [0.15, 0.2) is 41.0 Å². The standard InChI is InChI=1S/C16H17BrN2O/c1-3-12-5-4-8-18-15(12)10-19-16(20)13-7-6-11(2)9-14(13)17/h4-9H,3,10H2,1-2H3,(H,19,20). The van der Waals surface area contributed by atoms with Gasteiger partial charge in [-0.2, -0.15) is 0 Å². The van der Waals surface area contributed by atoms with Crippen LogP contribution in [0.25, 0.3) is 0 Å². The van der Waals surface area contributed by atoms with E-state index in [9.17, 15) is 4.79 Å². The number of pyridine rings is 1. The number of carbonyl (C=O) groups excluding carboxylic acids is 1. The van der Waals surface area contributed by atoms with Crippen molar-refractivity contribution < 1.29 is 4.79 Å². The quantitative estimate of drug-likeness (QED) is 0.928. The van der Waals surface area contributed by atoms with Gasteiger partial charge < -0.3 is 5.32 Å². The zero-order valence-corrected chi connectivity index (χ0v) is 13.2. The molecule has 4 heteroatoms. The fourth-order valence-electron chi connectivity index (χ4n) is 2.02. The Bertz CT molecular complexity index is 626. The van der Waals surface area contributed by atoms with E-state index in [2.05, 4.69) is 33.2 Å². The zero-order chi connectivity index (χ0) is 14.5. The number of nitrogens with zero attached hydrogens (tertiary/aromatic N) is 1. The van der Waals surface area contributed by atoms with E-state index in [1.54, 1.807) is 6.20 Å². The van der Waals surface area contributed by atoms with Gasteiger partial charge in [0, 0.05) is 10.7 Å². The Morgan fingerprint density at radius 3 is 2.85 bits per heavy atom. The number of halogens is 1. The van der Waals surface area contributed by atoms with Gasteiger partial charge in [0.15, 0.2) is 0 Å². The molecule has 1 N–H and O–H groups in total. The van der Waals surface area contributed by atoms with Gasteiger partial charge in [0.25, 0.3) is 5.91 Å². The number of aryl methyl sites for hydroxylation is 2. The Hall–Kier alpha value is -1.68. The van der Waals surface area contributed by atoms with E-state index in [4.69, 9.17) is 0 Å². The van der Waals surface area contributed by atoms with Crippen LogP contribution >= 0.6 is 15.9 Å². The van der Waals surface area contributed by atoms with E-state index in [1.165, 1.54) is 0 Å². The monoisotopic (exact) mass is 332 g/mol. The highest BCUT2D eigenvalue weighted by molar-refractivity contribution is 9.10. The molecule has 0 saturated carbocycles. The Balaban J connectivity index is 2.09. The highest BCUT2D eigenvalue weighted by atomic mass is 79.9. The van der Waals surface area contributed by atoms with E-state index in [0.717, 1.165) is 27.7 Å². The summed E-state index contributed by atoms with van der Waals surface area (Å²) >= 11 is 3.43. The van der Waals surface area contributed by atoms with Crippen molar-refractivity contribution in [3.8, 4) is 0 Å². The highest BCUT2D eigenvalue weighted by Crippen LogP contribution is 2.18. The van der Waals surface area contributed by atoms with E-state index in [-0.39, 0.29) is 5.91 Å². The molecule has 1 heterocycles. The molecule has 2 aromatic rings. The van der Waals surface area contributed by atoms with Crippen molar-refractivity contribution >= 4 is 21.8 Å². The first-order valence-electron chi connectivity index (χ1n) is 6.59. The molecule has 1 aromatic heterocycles. The van der Waals surface area contributed by atoms with E-state index in [0.29, 0.717) is 12.1 Å². The molecule has 1 amide bonds. The topological polar surface area (TPSA) is 42.0 Å².